The highest BCUT2D eigenvalue weighted by atomic mass is 16.5. The average Bonchev–Trinajstić information content (AvgIpc) is 3.07. The fraction of sp³-hybridized carbons (Fsp3) is 1.00. The Bertz CT molecular complexity index is 374. The molecular weight excluding hydrogens is 232 g/mol. The van der Waals surface area contributed by atoms with Gasteiger partial charge in [0.2, 0.25) is 0 Å². The van der Waals surface area contributed by atoms with Crippen LogP contribution in [0.4, 0.5) is 0 Å². The number of rotatable bonds is 2. The van der Waals surface area contributed by atoms with Crippen LogP contribution in [0.2, 0.25) is 0 Å². The Hall–Kier alpha value is -0.0400. The first kappa shape index (κ1) is 12.7. The highest BCUT2D eigenvalue weighted by Gasteiger charge is 2.67. The molecule has 1 heterocycles. The predicted octanol–water partition coefficient (Wildman–Crippen LogP) is 4.37. The molecule has 0 spiro atoms. The number of hydrogen-bond donors (Lipinski definition) is 0. The summed E-state index contributed by atoms with van der Waals surface area (Å²) in [6.45, 7) is 10.6. The molecule has 4 rings (SSSR count). The van der Waals surface area contributed by atoms with Crippen molar-refractivity contribution in [2.45, 2.75) is 59.0 Å². The summed E-state index contributed by atoms with van der Waals surface area (Å²) in [6.07, 6.45) is 5.92. The van der Waals surface area contributed by atoms with Crippen LogP contribution >= 0.6 is 0 Å². The Balaban J connectivity index is 1.69. The van der Waals surface area contributed by atoms with Gasteiger partial charge >= 0.3 is 0 Å². The van der Waals surface area contributed by atoms with Gasteiger partial charge in [-0.3, -0.25) is 0 Å². The van der Waals surface area contributed by atoms with Crippen molar-refractivity contribution in [1.29, 1.82) is 0 Å². The molecule has 0 radical (unpaired) electrons. The molecular formula is C18H30O. The topological polar surface area (TPSA) is 9.23 Å². The van der Waals surface area contributed by atoms with Crippen molar-refractivity contribution in [2.24, 2.45) is 47.3 Å². The lowest BCUT2D eigenvalue weighted by molar-refractivity contribution is -0.0146. The summed E-state index contributed by atoms with van der Waals surface area (Å²) in [6, 6.07) is 0. The van der Waals surface area contributed by atoms with Crippen molar-refractivity contribution in [3.63, 3.8) is 0 Å². The molecule has 0 aromatic rings. The van der Waals surface area contributed by atoms with Crippen molar-refractivity contribution in [1.82, 2.24) is 0 Å². The Kier molecular flexibility index (Phi) is 2.67. The van der Waals surface area contributed by atoms with Gasteiger partial charge in [0.05, 0.1) is 12.2 Å². The minimum Gasteiger partial charge on any atom is -0.375 e. The molecule has 1 saturated heterocycles. The van der Waals surface area contributed by atoms with E-state index in [2.05, 4.69) is 27.7 Å². The zero-order chi connectivity index (χ0) is 13.4. The molecule has 1 aliphatic heterocycles. The zero-order valence-corrected chi connectivity index (χ0v) is 13.1. The second-order valence-corrected chi connectivity index (χ2v) is 8.39. The van der Waals surface area contributed by atoms with Crippen LogP contribution in [-0.4, -0.2) is 12.2 Å². The van der Waals surface area contributed by atoms with Crippen LogP contribution < -0.4 is 0 Å². The first-order valence-electron chi connectivity index (χ1n) is 8.72. The van der Waals surface area contributed by atoms with Gasteiger partial charge in [-0.2, -0.15) is 0 Å². The Morgan fingerprint density at radius 1 is 0.895 bits per heavy atom. The van der Waals surface area contributed by atoms with Gasteiger partial charge in [0, 0.05) is 0 Å². The van der Waals surface area contributed by atoms with Gasteiger partial charge in [-0.05, 0) is 74.0 Å². The summed E-state index contributed by atoms with van der Waals surface area (Å²) in [4.78, 5) is 0. The molecule has 19 heavy (non-hydrogen) atoms. The van der Waals surface area contributed by atoms with E-state index < -0.39 is 0 Å². The average molecular weight is 262 g/mol. The molecule has 1 nitrogen and oxygen atoms in total. The quantitative estimate of drug-likeness (QED) is 0.718. The van der Waals surface area contributed by atoms with Gasteiger partial charge in [-0.25, -0.2) is 0 Å². The second-order valence-electron chi connectivity index (χ2n) is 8.39. The minimum absolute atomic E-state index is 0.164. The van der Waals surface area contributed by atoms with E-state index in [1.54, 1.807) is 6.42 Å². The first-order valence-corrected chi connectivity index (χ1v) is 8.72. The molecule has 0 amide bonds. The lowest BCUT2D eigenvalue weighted by Gasteiger charge is -2.41. The van der Waals surface area contributed by atoms with Crippen LogP contribution in [0.1, 0.15) is 53.4 Å². The van der Waals surface area contributed by atoms with Crippen LogP contribution in [0.3, 0.4) is 0 Å². The Labute approximate surface area is 118 Å². The van der Waals surface area contributed by atoms with Gasteiger partial charge in [0.25, 0.3) is 0 Å². The van der Waals surface area contributed by atoms with Gasteiger partial charge in [0.1, 0.15) is 0 Å². The van der Waals surface area contributed by atoms with E-state index in [9.17, 15) is 0 Å². The lowest BCUT2D eigenvalue weighted by atomic mass is 9.63. The largest absolute Gasteiger partial charge is 0.375 e. The third-order valence-corrected chi connectivity index (χ3v) is 7.64. The normalized spacial score (nSPS) is 57.5. The standard InChI is InChI=1S/C18H30O/c1-5-10-7-11(6-2)16-13-8-12(15(10)16)14-9-19-18(3,4)17(13)14/h10-17H,5-9H2,1-4H3. The van der Waals surface area contributed by atoms with Crippen LogP contribution in [-0.2, 0) is 4.74 Å². The third-order valence-electron chi connectivity index (χ3n) is 7.64. The Morgan fingerprint density at radius 3 is 2.16 bits per heavy atom. The van der Waals surface area contributed by atoms with Crippen LogP contribution in [0.25, 0.3) is 0 Å². The molecule has 0 aromatic carbocycles. The maximum Gasteiger partial charge on any atom is 0.0661 e. The summed E-state index contributed by atoms with van der Waals surface area (Å²) >= 11 is 0. The van der Waals surface area contributed by atoms with E-state index in [0.717, 1.165) is 54.0 Å². The van der Waals surface area contributed by atoms with Crippen molar-refractivity contribution in [2.75, 3.05) is 6.61 Å². The minimum atomic E-state index is 0.164. The highest BCUT2D eigenvalue weighted by molar-refractivity contribution is 5.15. The monoisotopic (exact) mass is 262 g/mol. The molecule has 1 heteroatoms. The van der Waals surface area contributed by atoms with Crippen molar-refractivity contribution < 1.29 is 4.74 Å². The van der Waals surface area contributed by atoms with E-state index in [-0.39, 0.29) is 5.60 Å². The van der Waals surface area contributed by atoms with Crippen LogP contribution in [0, 0.1) is 47.3 Å². The maximum atomic E-state index is 6.19. The summed E-state index contributed by atoms with van der Waals surface area (Å²) in [5.41, 5.74) is 0.164. The van der Waals surface area contributed by atoms with Crippen LogP contribution in [0.5, 0.6) is 0 Å². The summed E-state index contributed by atoms with van der Waals surface area (Å²) in [5, 5.41) is 0. The van der Waals surface area contributed by atoms with E-state index in [1.807, 2.05) is 0 Å². The fourth-order valence-corrected chi connectivity index (χ4v) is 7.20. The smallest absolute Gasteiger partial charge is 0.0661 e. The van der Waals surface area contributed by atoms with Gasteiger partial charge in [0.15, 0.2) is 0 Å². The van der Waals surface area contributed by atoms with Crippen molar-refractivity contribution in [3.8, 4) is 0 Å². The summed E-state index contributed by atoms with van der Waals surface area (Å²) in [5.74, 6) is 7.99. The fourth-order valence-electron chi connectivity index (χ4n) is 7.20. The molecule has 108 valence electrons. The van der Waals surface area contributed by atoms with Gasteiger partial charge in [-0.1, -0.05) is 26.7 Å². The first-order chi connectivity index (χ1) is 9.08. The SMILES string of the molecule is CCC1CC(CC)C2C3CC(C4COC(C)(C)C43)C12. The molecule has 4 aliphatic rings. The molecule has 0 N–H and O–H groups in total. The molecule has 4 fully saturated rings. The second kappa shape index (κ2) is 4.00. The molecule has 8 atom stereocenters. The van der Waals surface area contributed by atoms with Gasteiger partial charge < -0.3 is 4.74 Å². The molecule has 8 unspecified atom stereocenters. The van der Waals surface area contributed by atoms with Crippen LogP contribution in [0.15, 0.2) is 0 Å². The predicted molar refractivity (Wildman–Crippen MR) is 77.8 cm³/mol. The lowest BCUT2D eigenvalue weighted by Crippen LogP contribution is -2.41. The number of fused-ring (bicyclic) bond motifs is 8. The molecule has 0 aromatic heterocycles. The summed E-state index contributed by atoms with van der Waals surface area (Å²) in [7, 11) is 0. The third kappa shape index (κ3) is 1.46. The van der Waals surface area contributed by atoms with Gasteiger partial charge in [-0.15, -0.1) is 0 Å². The molecule has 2 bridgehead atoms. The number of ether oxygens (including phenoxy) is 1. The van der Waals surface area contributed by atoms with E-state index in [1.165, 1.54) is 19.3 Å². The maximum absolute atomic E-state index is 6.19. The van der Waals surface area contributed by atoms with E-state index in [0.29, 0.717) is 0 Å². The zero-order valence-electron chi connectivity index (χ0n) is 13.1. The van der Waals surface area contributed by atoms with Crippen molar-refractivity contribution >= 4 is 0 Å². The van der Waals surface area contributed by atoms with E-state index >= 15 is 0 Å². The highest BCUT2D eigenvalue weighted by Crippen LogP contribution is 2.70. The Morgan fingerprint density at radius 2 is 1.53 bits per heavy atom. The van der Waals surface area contributed by atoms with Crippen molar-refractivity contribution in [3.05, 3.63) is 0 Å². The molecule has 3 saturated carbocycles. The van der Waals surface area contributed by atoms with E-state index in [4.69, 9.17) is 4.74 Å². The number of hydrogen-bond acceptors (Lipinski definition) is 1. The molecule has 3 aliphatic carbocycles. The summed E-state index contributed by atoms with van der Waals surface area (Å²) < 4.78 is 6.19.